The van der Waals surface area contributed by atoms with Gasteiger partial charge in [-0.05, 0) is 49.7 Å². The van der Waals surface area contributed by atoms with E-state index in [2.05, 4.69) is 67.8 Å². The quantitative estimate of drug-likeness (QED) is 0.649. The van der Waals surface area contributed by atoms with Crippen molar-refractivity contribution in [1.29, 1.82) is 0 Å². The Labute approximate surface area is 132 Å². The van der Waals surface area contributed by atoms with Gasteiger partial charge in [0.1, 0.15) is 0 Å². The lowest BCUT2D eigenvalue weighted by Gasteiger charge is -2.32. The Morgan fingerprint density at radius 2 is 1.91 bits per heavy atom. The maximum absolute atomic E-state index is 6.05. The maximum Gasteiger partial charge on any atom is 0.0457 e. The number of hydrogen-bond donors (Lipinski definition) is 1. The van der Waals surface area contributed by atoms with Crippen molar-refractivity contribution in [3.63, 3.8) is 0 Å². The second kappa shape index (κ2) is 5.38. The second-order valence-electron chi connectivity index (χ2n) is 6.04. The van der Waals surface area contributed by atoms with Crippen molar-refractivity contribution in [1.82, 2.24) is 0 Å². The fraction of sp³-hybridized carbons (Fsp3) is 0.200. The molecule has 2 nitrogen and oxygen atoms in total. The van der Waals surface area contributed by atoms with Crippen LogP contribution >= 0.6 is 0 Å². The van der Waals surface area contributed by atoms with E-state index >= 15 is 0 Å². The number of anilines is 3. The van der Waals surface area contributed by atoms with E-state index in [0.29, 0.717) is 6.04 Å². The van der Waals surface area contributed by atoms with E-state index in [1.807, 2.05) is 24.3 Å². The van der Waals surface area contributed by atoms with Crippen LogP contribution in [0.3, 0.4) is 0 Å². The molecule has 0 radical (unpaired) electrons. The highest BCUT2D eigenvalue weighted by Gasteiger charge is 2.44. The van der Waals surface area contributed by atoms with Crippen LogP contribution in [0.15, 0.2) is 73.3 Å². The van der Waals surface area contributed by atoms with Gasteiger partial charge in [-0.2, -0.15) is 0 Å². The number of hydrogen-bond acceptors (Lipinski definition) is 2. The van der Waals surface area contributed by atoms with Crippen molar-refractivity contribution >= 4 is 17.1 Å². The Balaban J connectivity index is 2.20. The van der Waals surface area contributed by atoms with Crippen LogP contribution in [0.5, 0.6) is 0 Å². The topological polar surface area (TPSA) is 29.3 Å². The van der Waals surface area contributed by atoms with Gasteiger partial charge in [-0.15, -0.1) is 0 Å². The summed E-state index contributed by atoms with van der Waals surface area (Å²) in [7, 11) is 0. The molecule has 3 rings (SSSR count). The van der Waals surface area contributed by atoms with Crippen LogP contribution in [0.1, 0.15) is 19.4 Å². The molecule has 2 N–H and O–H groups in total. The van der Waals surface area contributed by atoms with Gasteiger partial charge in [0.25, 0.3) is 0 Å². The van der Waals surface area contributed by atoms with Crippen molar-refractivity contribution in [2.24, 2.45) is 0 Å². The van der Waals surface area contributed by atoms with E-state index in [1.54, 1.807) is 0 Å². The van der Waals surface area contributed by atoms with Crippen LogP contribution in [-0.2, 0) is 5.41 Å². The van der Waals surface area contributed by atoms with E-state index < -0.39 is 0 Å². The van der Waals surface area contributed by atoms with Crippen LogP contribution in [0.25, 0.3) is 0 Å². The summed E-state index contributed by atoms with van der Waals surface area (Å²) in [6.07, 6.45) is 6.08. The van der Waals surface area contributed by atoms with Gasteiger partial charge >= 0.3 is 0 Å². The summed E-state index contributed by atoms with van der Waals surface area (Å²) in [6, 6.07) is 17.0. The van der Waals surface area contributed by atoms with Crippen LogP contribution in [0.2, 0.25) is 0 Å². The first-order valence-corrected chi connectivity index (χ1v) is 7.62. The number of allylic oxidation sites excluding steroid dienone is 2. The fourth-order valence-electron chi connectivity index (χ4n) is 3.35. The zero-order valence-corrected chi connectivity index (χ0v) is 13.2. The number of benzene rings is 2. The van der Waals surface area contributed by atoms with Crippen molar-refractivity contribution < 1.29 is 0 Å². The Morgan fingerprint density at radius 3 is 2.59 bits per heavy atom. The Morgan fingerprint density at radius 1 is 1.18 bits per heavy atom. The van der Waals surface area contributed by atoms with E-state index in [-0.39, 0.29) is 5.41 Å². The zero-order valence-electron chi connectivity index (χ0n) is 13.2. The normalized spacial score (nSPS) is 23.7. The summed E-state index contributed by atoms with van der Waals surface area (Å²) in [5, 5.41) is 0. The molecule has 0 aliphatic carbocycles. The molecule has 0 spiro atoms. The van der Waals surface area contributed by atoms with Gasteiger partial charge < -0.3 is 10.6 Å². The van der Waals surface area contributed by atoms with Crippen LogP contribution < -0.4 is 10.6 Å². The van der Waals surface area contributed by atoms with Crippen LogP contribution in [-0.4, -0.2) is 6.04 Å². The third-order valence-electron chi connectivity index (χ3n) is 4.73. The Bertz CT molecular complexity index is 718. The average Bonchev–Trinajstić information content (AvgIpc) is 2.75. The molecule has 112 valence electrons. The number of para-hydroxylation sites is 1. The standard InChI is InChI=1S/C20H22N2/c1-4-5-13-20(3)15(2)22(17-9-7-6-8-10-17)19-12-11-16(21)14-18(19)20/h4-15H,1,21H2,2-3H3/b13-5-. The van der Waals surface area contributed by atoms with E-state index in [4.69, 9.17) is 5.73 Å². The lowest BCUT2D eigenvalue weighted by molar-refractivity contribution is 0.517. The molecular formula is C20H22N2. The van der Waals surface area contributed by atoms with Crippen molar-refractivity contribution in [3.05, 3.63) is 78.9 Å². The second-order valence-corrected chi connectivity index (χ2v) is 6.04. The van der Waals surface area contributed by atoms with Crippen molar-refractivity contribution in [2.75, 3.05) is 10.6 Å². The molecule has 2 unspecified atom stereocenters. The van der Waals surface area contributed by atoms with Gasteiger partial charge in [-0.1, -0.05) is 43.0 Å². The summed E-state index contributed by atoms with van der Waals surface area (Å²) in [4.78, 5) is 2.39. The molecule has 1 aliphatic rings. The lowest BCUT2D eigenvalue weighted by Crippen LogP contribution is -2.37. The van der Waals surface area contributed by atoms with Crippen molar-refractivity contribution in [3.8, 4) is 0 Å². The van der Waals surface area contributed by atoms with E-state index in [9.17, 15) is 0 Å². The first-order valence-electron chi connectivity index (χ1n) is 7.62. The maximum atomic E-state index is 6.05. The fourth-order valence-corrected chi connectivity index (χ4v) is 3.35. The van der Waals surface area contributed by atoms with E-state index in [0.717, 1.165) is 5.69 Å². The lowest BCUT2D eigenvalue weighted by atomic mass is 9.78. The minimum absolute atomic E-state index is 0.102. The molecule has 0 bridgehead atoms. The molecule has 1 heterocycles. The van der Waals surface area contributed by atoms with E-state index in [1.165, 1.54) is 16.9 Å². The summed E-state index contributed by atoms with van der Waals surface area (Å²) in [6.45, 7) is 8.33. The van der Waals surface area contributed by atoms with Gasteiger partial charge in [0.05, 0.1) is 0 Å². The molecule has 2 atom stereocenters. The highest BCUT2D eigenvalue weighted by Crippen LogP contribution is 2.50. The number of nitrogen functional groups attached to an aromatic ring is 1. The molecule has 0 amide bonds. The SMILES string of the molecule is C=C/C=C\C1(C)c2cc(N)ccc2N(c2ccccc2)C1C. The molecule has 0 saturated heterocycles. The summed E-state index contributed by atoms with van der Waals surface area (Å²) in [5.74, 6) is 0. The van der Waals surface area contributed by atoms with Gasteiger partial charge in [-0.25, -0.2) is 0 Å². The largest absolute Gasteiger partial charge is 0.399 e. The third kappa shape index (κ3) is 2.12. The molecule has 22 heavy (non-hydrogen) atoms. The predicted octanol–water partition coefficient (Wildman–Crippen LogP) is 4.81. The highest BCUT2D eigenvalue weighted by molar-refractivity contribution is 5.77. The van der Waals surface area contributed by atoms with Crippen LogP contribution in [0, 0.1) is 0 Å². The third-order valence-corrected chi connectivity index (χ3v) is 4.73. The van der Waals surface area contributed by atoms with Gasteiger partial charge in [-0.3, -0.25) is 0 Å². The summed E-state index contributed by atoms with van der Waals surface area (Å²) < 4.78 is 0. The monoisotopic (exact) mass is 290 g/mol. The van der Waals surface area contributed by atoms with Crippen molar-refractivity contribution in [2.45, 2.75) is 25.3 Å². The summed E-state index contributed by atoms with van der Waals surface area (Å²) >= 11 is 0. The molecular weight excluding hydrogens is 268 g/mol. The molecule has 0 aromatic heterocycles. The number of nitrogens with two attached hydrogens (primary N) is 1. The van der Waals surface area contributed by atoms with Crippen LogP contribution in [0.4, 0.5) is 17.1 Å². The first kappa shape index (κ1) is 14.5. The Kier molecular flexibility index (Phi) is 3.53. The minimum atomic E-state index is -0.102. The highest BCUT2D eigenvalue weighted by atomic mass is 15.2. The predicted molar refractivity (Wildman–Crippen MR) is 95.6 cm³/mol. The number of nitrogens with zero attached hydrogens (tertiary/aromatic N) is 1. The molecule has 2 aromatic carbocycles. The molecule has 2 heteroatoms. The summed E-state index contributed by atoms with van der Waals surface area (Å²) in [5.41, 5.74) is 10.4. The zero-order chi connectivity index (χ0) is 15.7. The number of rotatable bonds is 3. The molecule has 0 saturated carbocycles. The smallest absolute Gasteiger partial charge is 0.0457 e. The number of fused-ring (bicyclic) bond motifs is 1. The van der Waals surface area contributed by atoms with Gasteiger partial charge in [0.15, 0.2) is 0 Å². The van der Waals surface area contributed by atoms with Gasteiger partial charge in [0.2, 0.25) is 0 Å². The minimum Gasteiger partial charge on any atom is -0.399 e. The Hall–Kier alpha value is -2.48. The first-order chi connectivity index (χ1) is 10.6. The molecule has 0 fully saturated rings. The average molecular weight is 290 g/mol. The molecule has 1 aliphatic heterocycles. The van der Waals surface area contributed by atoms with Gasteiger partial charge in [0, 0.05) is 28.5 Å². The molecule has 2 aromatic rings.